The molecular formula is C20H25NOS. The first kappa shape index (κ1) is 17.6. The van der Waals surface area contributed by atoms with E-state index in [1.807, 2.05) is 31.2 Å². The van der Waals surface area contributed by atoms with Gasteiger partial charge in [0.25, 0.3) is 5.91 Å². The fraction of sp³-hybridized carbons (Fsp3) is 0.350. The molecule has 0 fully saturated rings. The number of hydrogen-bond donors (Lipinski definition) is 1. The Hall–Kier alpha value is -1.74. The van der Waals surface area contributed by atoms with Crippen LogP contribution in [0.15, 0.2) is 47.4 Å². The topological polar surface area (TPSA) is 29.1 Å². The van der Waals surface area contributed by atoms with Gasteiger partial charge in [-0.15, -0.1) is 11.8 Å². The molecule has 0 aliphatic heterocycles. The Labute approximate surface area is 143 Å². The minimum Gasteiger partial charge on any atom is -0.345 e. The van der Waals surface area contributed by atoms with E-state index in [1.54, 1.807) is 11.8 Å². The Balaban J connectivity index is 2.18. The lowest BCUT2D eigenvalue weighted by Gasteiger charge is -2.18. The van der Waals surface area contributed by atoms with Gasteiger partial charge in [-0.05, 0) is 44.0 Å². The minimum atomic E-state index is -0.0137. The van der Waals surface area contributed by atoms with Crippen molar-refractivity contribution in [2.75, 3.05) is 0 Å². The number of amides is 1. The summed E-state index contributed by atoms with van der Waals surface area (Å²) in [5, 5.41) is 3.58. The quantitative estimate of drug-likeness (QED) is 0.756. The number of nitrogens with one attached hydrogen (secondary N) is 1. The van der Waals surface area contributed by atoms with E-state index in [-0.39, 0.29) is 11.9 Å². The number of carbonyl (C=O) groups excluding carboxylic acids is 1. The molecule has 0 aliphatic carbocycles. The molecule has 0 heterocycles. The number of aryl methyl sites for hydroxylation is 2. The first-order valence-electron chi connectivity index (χ1n) is 8.02. The van der Waals surface area contributed by atoms with Crippen molar-refractivity contribution in [2.24, 2.45) is 0 Å². The van der Waals surface area contributed by atoms with Crippen molar-refractivity contribution >= 4 is 17.7 Å². The second-order valence-corrected chi connectivity index (χ2v) is 7.84. The van der Waals surface area contributed by atoms with Gasteiger partial charge in [-0.2, -0.15) is 0 Å². The lowest BCUT2D eigenvalue weighted by atomic mass is 10.00. The predicted octanol–water partition coefficient (Wildman–Crippen LogP) is 5.29. The van der Waals surface area contributed by atoms with E-state index in [0.717, 1.165) is 16.0 Å². The zero-order valence-electron chi connectivity index (χ0n) is 14.5. The smallest absolute Gasteiger partial charge is 0.252 e. The highest BCUT2D eigenvalue weighted by atomic mass is 32.2. The molecule has 0 radical (unpaired) electrons. The summed E-state index contributed by atoms with van der Waals surface area (Å²) in [4.78, 5) is 13.7. The van der Waals surface area contributed by atoms with Crippen LogP contribution in [0.1, 0.15) is 53.9 Å². The molecule has 2 aromatic rings. The van der Waals surface area contributed by atoms with Crippen LogP contribution in [0.4, 0.5) is 0 Å². The Morgan fingerprint density at radius 2 is 1.74 bits per heavy atom. The van der Waals surface area contributed by atoms with Crippen molar-refractivity contribution in [2.45, 2.75) is 50.8 Å². The van der Waals surface area contributed by atoms with Crippen LogP contribution in [0, 0.1) is 13.8 Å². The number of hydrogen-bond acceptors (Lipinski definition) is 2. The first-order chi connectivity index (χ1) is 10.9. The third-order valence-corrected chi connectivity index (χ3v) is 4.82. The van der Waals surface area contributed by atoms with E-state index < -0.39 is 0 Å². The number of carbonyl (C=O) groups is 1. The van der Waals surface area contributed by atoms with Crippen LogP contribution in [-0.4, -0.2) is 11.2 Å². The van der Waals surface area contributed by atoms with Gasteiger partial charge in [0.15, 0.2) is 0 Å². The molecular weight excluding hydrogens is 302 g/mol. The largest absolute Gasteiger partial charge is 0.345 e. The number of benzene rings is 2. The average Bonchev–Trinajstić information content (AvgIpc) is 2.46. The Morgan fingerprint density at radius 1 is 1.04 bits per heavy atom. The van der Waals surface area contributed by atoms with E-state index >= 15 is 0 Å². The fourth-order valence-corrected chi connectivity index (χ4v) is 3.63. The summed E-state index contributed by atoms with van der Waals surface area (Å²) in [6.07, 6.45) is 0. The second kappa shape index (κ2) is 7.69. The Morgan fingerprint density at radius 3 is 2.39 bits per heavy atom. The highest BCUT2D eigenvalue weighted by molar-refractivity contribution is 8.00. The molecule has 0 aromatic heterocycles. The summed E-state index contributed by atoms with van der Waals surface area (Å²) in [6.45, 7) is 10.5. The Bertz CT molecular complexity index is 694. The van der Waals surface area contributed by atoms with Gasteiger partial charge in [-0.3, -0.25) is 4.79 Å². The summed E-state index contributed by atoms with van der Waals surface area (Å²) in [6, 6.07) is 14.1. The van der Waals surface area contributed by atoms with E-state index in [0.29, 0.717) is 5.25 Å². The zero-order valence-corrected chi connectivity index (χ0v) is 15.3. The highest BCUT2D eigenvalue weighted by Crippen LogP contribution is 2.27. The van der Waals surface area contributed by atoms with Gasteiger partial charge in [0.2, 0.25) is 0 Å². The second-order valence-electron chi connectivity index (χ2n) is 6.22. The molecule has 0 saturated heterocycles. The van der Waals surface area contributed by atoms with Gasteiger partial charge in [-0.25, -0.2) is 0 Å². The first-order valence-corrected chi connectivity index (χ1v) is 8.90. The van der Waals surface area contributed by atoms with E-state index in [9.17, 15) is 4.79 Å². The number of rotatable bonds is 5. The standard InChI is InChI=1S/C20H25NOS/c1-13(2)23-19-9-7-6-8-18(19)20(22)21-16(5)17-11-10-14(3)12-15(17)4/h6-13,16H,1-5H3,(H,21,22)/t16-/m0/s1. The van der Waals surface area contributed by atoms with Gasteiger partial charge < -0.3 is 5.32 Å². The molecule has 0 unspecified atom stereocenters. The third-order valence-electron chi connectivity index (χ3n) is 3.73. The van der Waals surface area contributed by atoms with Crippen LogP contribution in [0.5, 0.6) is 0 Å². The van der Waals surface area contributed by atoms with Crippen molar-refractivity contribution < 1.29 is 4.79 Å². The fourth-order valence-electron chi connectivity index (χ4n) is 2.67. The number of thioether (sulfide) groups is 1. The molecule has 0 spiro atoms. The average molecular weight is 327 g/mol. The maximum Gasteiger partial charge on any atom is 0.252 e. The minimum absolute atomic E-state index is 0.0128. The van der Waals surface area contributed by atoms with Crippen LogP contribution >= 0.6 is 11.8 Å². The molecule has 1 amide bonds. The molecule has 0 aliphatic rings. The summed E-state index contributed by atoms with van der Waals surface area (Å²) in [7, 11) is 0. The zero-order chi connectivity index (χ0) is 17.0. The van der Waals surface area contributed by atoms with Crippen molar-refractivity contribution in [1.82, 2.24) is 5.32 Å². The molecule has 1 atom stereocenters. The normalized spacial score (nSPS) is 12.3. The van der Waals surface area contributed by atoms with Crippen molar-refractivity contribution in [3.63, 3.8) is 0 Å². The van der Waals surface area contributed by atoms with Crippen LogP contribution in [0.3, 0.4) is 0 Å². The van der Waals surface area contributed by atoms with Crippen molar-refractivity contribution in [3.8, 4) is 0 Å². The van der Waals surface area contributed by atoms with Crippen LogP contribution < -0.4 is 5.32 Å². The summed E-state index contributed by atoms with van der Waals surface area (Å²) < 4.78 is 0. The molecule has 1 N–H and O–H groups in total. The molecule has 2 rings (SSSR count). The SMILES string of the molecule is Cc1ccc([C@H](C)NC(=O)c2ccccc2SC(C)C)c(C)c1. The van der Waals surface area contributed by atoms with Gasteiger partial charge in [0, 0.05) is 10.1 Å². The summed E-state index contributed by atoms with van der Waals surface area (Å²) in [5.74, 6) is -0.0128. The third kappa shape index (κ3) is 4.61. The maximum atomic E-state index is 12.7. The summed E-state index contributed by atoms with van der Waals surface area (Å²) >= 11 is 1.72. The molecule has 3 heteroatoms. The van der Waals surface area contributed by atoms with Crippen molar-refractivity contribution in [3.05, 3.63) is 64.7 Å². The molecule has 2 nitrogen and oxygen atoms in total. The monoisotopic (exact) mass is 327 g/mol. The van der Waals surface area contributed by atoms with Gasteiger partial charge in [0.05, 0.1) is 11.6 Å². The molecule has 122 valence electrons. The Kier molecular flexibility index (Phi) is 5.89. The van der Waals surface area contributed by atoms with Gasteiger partial charge in [0.1, 0.15) is 0 Å². The highest BCUT2D eigenvalue weighted by Gasteiger charge is 2.16. The molecule has 2 aromatic carbocycles. The van der Waals surface area contributed by atoms with Gasteiger partial charge >= 0.3 is 0 Å². The lowest BCUT2D eigenvalue weighted by Crippen LogP contribution is -2.27. The van der Waals surface area contributed by atoms with E-state index in [2.05, 4.69) is 51.2 Å². The van der Waals surface area contributed by atoms with Crippen LogP contribution in [-0.2, 0) is 0 Å². The van der Waals surface area contributed by atoms with E-state index in [4.69, 9.17) is 0 Å². The maximum absolute atomic E-state index is 12.7. The van der Waals surface area contributed by atoms with Crippen LogP contribution in [0.2, 0.25) is 0 Å². The predicted molar refractivity (Wildman–Crippen MR) is 99.2 cm³/mol. The van der Waals surface area contributed by atoms with E-state index in [1.165, 1.54) is 11.1 Å². The molecule has 0 saturated carbocycles. The molecule has 23 heavy (non-hydrogen) atoms. The summed E-state index contributed by atoms with van der Waals surface area (Å²) in [5.41, 5.74) is 4.37. The molecule has 0 bridgehead atoms. The van der Waals surface area contributed by atoms with Gasteiger partial charge in [-0.1, -0.05) is 49.7 Å². The van der Waals surface area contributed by atoms with Crippen LogP contribution in [0.25, 0.3) is 0 Å². The lowest BCUT2D eigenvalue weighted by molar-refractivity contribution is 0.0937. The van der Waals surface area contributed by atoms with Crippen molar-refractivity contribution in [1.29, 1.82) is 0 Å².